The Morgan fingerprint density at radius 1 is 1.55 bits per heavy atom. The summed E-state index contributed by atoms with van der Waals surface area (Å²) in [6, 6.07) is 5.62. The fourth-order valence-electron chi connectivity index (χ4n) is 2.80. The minimum Gasteiger partial charge on any atom is -0.481 e. The molecule has 1 aromatic rings. The molecule has 1 aliphatic heterocycles. The number of amides is 1. The molecule has 0 bridgehead atoms. The number of rotatable bonds is 5. The second kappa shape index (κ2) is 6.87. The van der Waals surface area contributed by atoms with Crippen LogP contribution in [0, 0.1) is 11.7 Å². The van der Waals surface area contributed by atoms with Crippen molar-refractivity contribution in [1.29, 1.82) is 0 Å². The van der Waals surface area contributed by atoms with Crippen LogP contribution in [0.1, 0.15) is 19.8 Å². The van der Waals surface area contributed by atoms with E-state index in [9.17, 15) is 14.0 Å². The fraction of sp³-hybridized carbons (Fsp3) is 0.500. The summed E-state index contributed by atoms with van der Waals surface area (Å²) in [7, 11) is 1.76. The summed E-state index contributed by atoms with van der Waals surface area (Å²) in [4.78, 5) is 27.0. The standard InChI is InChI=1S/C16H21FN2O3/c1-11(16(21)22)10-18(2)14-7-4-8-19(15(14)20)13-6-3-5-12(17)9-13/h3,5-6,9,11,14H,4,7-8,10H2,1-2H3,(H,21,22). The molecule has 5 nitrogen and oxygen atoms in total. The van der Waals surface area contributed by atoms with Gasteiger partial charge in [-0.2, -0.15) is 0 Å². The van der Waals surface area contributed by atoms with Crippen LogP contribution in [0.4, 0.5) is 10.1 Å². The van der Waals surface area contributed by atoms with Crippen molar-refractivity contribution in [3.8, 4) is 0 Å². The van der Waals surface area contributed by atoms with E-state index in [1.54, 1.807) is 35.9 Å². The Labute approximate surface area is 129 Å². The molecule has 22 heavy (non-hydrogen) atoms. The van der Waals surface area contributed by atoms with E-state index in [4.69, 9.17) is 5.11 Å². The summed E-state index contributed by atoms with van der Waals surface area (Å²) < 4.78 is 13.4. The van der Waals surface area contributed by atoms with Gasteiger partial charge in [0.15, 0.2) is 0 Å². The zero-order valence-electron chi connectivity index (χ0n) is 12.8. The third-order valence-electron chi connectivity index (χ3n) is 4.05. The second-order valence-electron chi connectivity index (χ2n) is 5.81. The molecule has 0 saturated carbocycles. The summed E-state index contributed by atoms with van der Waals surface area (Å²) in [5.74, 6) is -1.89. The van der Waals surface area contributed by atoms with E-state index in [0.717, 1.165) is 6.42 Å². The Balaban J connectivity index is 2.11. The van der Waals surface area contributed by atoms with E-state index in [-0.39, 0.29) is 17.8 Å². The molecule has 1 aliphatic rings. The Morgan fingerprint density at radius 2 is 2.27 bits per heavy atom. The van der Waals surface area contributed by atoms with Crippen molar-refractivity contribution in [2.45, 2.75) is 25.8 Å². The molecule has 0 radical (unpaired) electrons. The quantitative estimate of drug-likeness (QED) is 0.903. The van der Waals surface area contributed by atoms with Gasteiger partial charge in [-0.3, -0.25) is 14.5 Å². The van der Waals surface area contributed by atoms with Gasteiger partial charge in [0.25, 0.3) is 0 Å². The molecule has 0 spiro atoms. The molecular formula is C16H21FN2O3. The lowest BCUT2D eigenvalue weighted by Crippen LogP contribution is -2.52. The highest BCUT2D eigenvalue weighted by Crippen LogP contribution is 2.24. The number of carboxylic acids is 1. The van der Waals surface area contributed by atoms with Gasteiger partial charge in [-0.1, -0.05) is 13.0 Å². The molecule has 6 heteroatoms. The van der Waals surface area contributed by atoms with Crippen molar-refractivity contribution < 1.29 is 19.1 Å². The van der Waals surface area contributed by atoms with Gasteiger partial charge in [0.05, 0.1) is 12.0 Å². The molecule has 2 unspecified atom stereocenters. The number of hydrogen-bond acceptors (Lipinski definition) is 3. The van der Waals surface area contributed by atoms with Gasteiger partial charge in [-0.15, -0.1) is 0 Å². The van der Waals surface area contributed by atoms with Crippen LogP contribution in [0.2, 0.25) is 0 Å². The van der Waals surface area contributed by atoms with E-state index in [1.165, 1.54) is 12.1 Å². The van der Waals surface area contributed by atoms with Crippen LogP contribution in [-0.4, -0.2) is 48.1 Å². The maximum Gasteiger partial charge on any atom is 0.307 e. The monoisotopic (exact) mass is 308 g/mol. The molecule has 2 atom stereocenters. The third kappa shape index (κ3) is 3.62. The number of nitrogens with zero attached hydrogens (tertiary/aromatic N) is 2. The Kier molecular flexibility index (Phi) is 5.13. The number of likely N-dealkylation sites (N-methyl/N-ethyl adjacent to an activating group) is 1. The van der Waals surface area contributed by atoms with Gasteiger partial charge in [0, 0.05) is 18.8 Å². The first-order valence-corrected chi connectivity index (χ1v) is 7.40. The molecule has 1 amide bonds. The number of carboxylic acid groups (broad SMARTS) is 1. The lowest BCUT2D eigenvalue weighted by molar-refractivity contribution is -0.142. The summed E-state index contributed by atoms with van der Waals surface area (Å²) >= 11 is 0. The van der Waals surface area contributed by atoms with Gasteiger partial charge in [-0.05, 0) is 38.1 Å². The molecule has 1 saturated heterocycles. The van der Waals surface area contributed by atoms with Crippen LogP contribution >= 0.6 is 0 Å². The highest BCUT2D eigenvalue weighted by Gasteiger charge is 2.33. The van der Waals surface area contributed by atoms with Crippen molar-refractivity contribution >= 4 is 17.6 Å². The van der Waals surface area contributed by atoms with Crippen molar-refractivity contribution in [2.24, 2.45) is 5.92 Å². The fourth-order valence-corrected chi connectivity index (χ4v) is 2.80. The van der Waals surface area contributed by atoms with Gasteiger partial charge < -0.3 is 10.0 Å². The van der Waals surface area contributed by atoms with Crippen LogP contribution in [0.5, 0.6) is 0 Å². The second-order valence-corrected chi connectivity index (χ2v) is 5.81. The number of carbonyl (C=O) groups excluding carboxylic acids is 1. The zero-order chi connectivity index (χ0) is 16.3. The summed E-state index contributed by atoms with van der Waals surface area (Å²) in [6.45, 7) is 2.49. The van der Waals surface area contributed by atoms with E-state index in [1.807, 2.05) is 0 Å². The molecule has 0 aliphatic carbocycles. The number of piperidine rings is 1. The zero-order valence-corrected chi connectivity index (χ0v) is 12.8. The first-order valence-electron chi connectivity index (χ1n) is 7.40. The predicted octanol–water partition coefficient (Wildman–Crippen LogP) is 1.97. The number of carbonyl (C=O) groups is 2. The topological polar surface area (TPSA) is 60.9 Å². The molecule has 1 fully saturated rings. The highest BCUT2D eigenvalue weighted by molar-refractivity contribution is 5.97. The molecule has 1 aromatic carbocycles. The van der Waals surface area contributed by atoms with Crippen molar-refractivity contribution in [1.82, 2.24) is 4.90 Å². The molecule has 0 aromatic heterocycles. The normalized spacial score (nSPS) is 20.3. The third-order valence-corrected chi connectivity index (χ3v) is 4.05. The lowest BCUT2D eigenvalue weighted by Gasteiger charge is -2.37. The van der Waals surface area contributed by atoms with Crippen molar-refractivity contribution in [3.63, 3.8) is 0 Å². The Morgan fingerprint density at radius 3 is 2.91 bits per heavy atom. The van der Waals surface area contributed by atoms with Crippen LogP contribution in [-0.2, 0) is 9.59 Å². The molecule has 120 valence electrons. The van der Waals surface area contributed by atoms with E-state index in [2.05, 4.69) is 0 Å². The van der Waals surface area contributed by atoms with Gasteiger partial charge in [-0.25, -0.2) is 4.39 Å². The molecule has 1 heterocycles. The minimum atomic E-state index is -0.878. The van der Waals surface area contributed by atoms with Crippen LogP contribution in [0.3, 0.4) is 0 Å². The molecule has 1 N–H and O–H groups in total. The number of anilines is 1. The number of halogens is 1. The van der Waals surface area contributed by atoms with Crippen LogP contribution < -0.4 is 4.90 Å². The smallest absolute Gasteiger partial charge is 0.307 e. The van der Waals surface area contributed by atoms with Crippen molar-refractivity contribution in [2.75, 3.05) is 25.0 Å². The first kappa shape index (κ1) is 16.4. The van der Waals surface area contributed by atoms with Gasteiger partial charge >= 0.3 is 5.97 Å². The number of hydrogen-bond donors (Lipinski definition) is 1. The van der Waals surface area contributed by atoms with Crippen LogP contribution in [0.15, 0.2) is 24.3 Å². The predicted molar refractivity (Wildman–Crippen MR) is 81.2 cm³/mol. The summed E-state index contributed by atoms with van der Waals surface area (Å²) in [5, 5.41) is 8.99. The maximum atomic E-state index is 13.4. The molecular weight excluding hydrogens is 287 g/mol. The summed E-state index contributed by atoms with van der Waals surface area (Å²) in [5.41, 5.74) is 0.550. The van der Waals surface area contributed by atoms with Gasteiger partial charge in [0.1, 0.15) is 5.82 Å². The average molecular weight is 308 g/mol. The molecule has 2 rings (SSSR count). The van der Waals surface area contributed by atoms with E-state index < -0.39 is 11.9 Å². The van der Waals surface area contributed by atoms with E-state index in [0.29, 0.717) is 25.2 Å². The van der Waals surface area contributed by atoms with E-state index >= 15 is 0 Å². The lowest BCUT2D eigenvalue weighted by atomic mass is 10.0. The summed E-state index contributed by atoms with van der Waals surface area (Å²) in [6.07, 6.45) is 1.49. The van der Waals surface area contributed by atoms with Crippen LogP contribution in [0.25, 0.3) is 0 Å². The average Bonchev–Trinajstić information content (AvgIpc) is 2.47. The number of aliphatic carboxylic acids is 1. The Hall–Kier alpha value is -1.95. The Bertz CT molecular complexity index is 564. The van der Waals surface area contributed by atoms with Crippen molar-refractivity contribution in [3.05, 3.63) is 30.1 Å². The SMILES string of the molecule is CC(CN(C)C1CCCN(c2cccc(F)c2)C1=O)C(=O)O. The first-order chi connectivity index (χ1) is 10.4. The maximum absolute atomic E-state index is 13.4. The minimum absolute atomic E-state index is 0.100. The van der Waals surface area contributed by atoms with Gasteiger partial charge in [0.2, 0.25) is 5.91 Å². The highest BCUT2D eigenvalue weighted by atomic mass is 19.1. The largest absolute Gasteiger partial charge is 0.481 e. The number of benzene rings is 1.